The van der Waals surface area contributed by atoms with Crippen LogP contribution < -0.4 is 10.1 Å². The molecule has 0 spiro atoms. The molecular formula is C13H16Cl2N2O3. The molecule has 1 atom stereocenters. The fourth-order valence-corrected chi connectivity index (χ4v) is 2.22. The molecule has 1 N–H and O–H groups in total. The van der Waals surface area contributed by atoms with E-state index in [0.29, 0.717) is 32.1 Å². The Morgan fingerprint density at radius 3 is 2.95 bits per heavy atom. The van der Waals surface area contributed by atoms with E-state index in [1.54, 1.807) is 19.4 Å². The number of ether oxygens (including phenoxy) is 2. The number of alkyl halides is 2. The molecule has 1 unspecified atom stereocenters. The smallest absolute Gasteiger partial charge is 0.226 e. The van der Waals surface area contributed by atoms with Gasteiger partial charge in [0.25, 0.3) is 0 Å². The Morgan fingerprint density at radius 1 is 1.55 bits per heavy atom. The van der Waals surface area contributed by atoms with Crippen molar-refractivity contribution in [3.8, 4) is 5.88 Å². The molecule has 0 bridgehead atoms. The first-order valence-corrected chi connectivity index (χ1v) is 7.01. The summed E-state index contributed by atoms with van der Waals surface area (Å²) in [5, 5.41) is 2.79. The Hall–Kier alpha value is -1.04. The summed E-state index contributed by atoms with van der Waals surface area (Å²) in [5.41, 5.74) is 0.798. The monoisotopic (exact) mass is 318 g/mol. The highest BCUT2D eigenvalue weighted by Crippen LogP contribution is 2.53. The first kappa shape index (κ1) is 15.4. The molecule has 1 fully saturated rings. The van der Waals surface area contributed by atoms with Crippen molar-refractivity contribution in [1.82, 2.24) is 10.3 Å². The molecule has 0 saturated heterocycles. The fourth-order valence-electron chi connectivity index (χ4n) is 1.71. The maximum Gasteiger partial charge on any atom is 0.226 e. The van der Waals surface area contributed by atoms with Gasteiger partial charge in [-0.15, -0.1) is 23.2 Å². The summed E-state index contributed by atoms with van der Waals surface area (Å²) in [7, 11) is 1.60. The van der Waals surface area contributed by atoms with E-state index in [0.717, 1.165) is 5.56 Å². The third-order valence-corrected chi connectivity index (χ3v) is 3.81. The Kier molecular flexibility index (Phi) is 5.07. The maximum absolute atomic E-state index is 11.8. The van der Waals surface area contributed by atoms with Crippen LogP contribution in [0.15, 0.2) is 18.3 Å². The molecular weight excluding hydrogens is 303 g/mol. The van der Waals surface area contributed by atoms with Gasteiger partial charge in [-0.25, -0.2) is 4.98 Å². The van der Waals surface area contributed by atoms with Crippen molar-refractivity contribution in [2.75, 3.05) is 20.3 Å². The topological polar surface area (TPSA) is 60.5 Å². The first-order chi connectivity index (χ1) is 9.54. The van der Waals surface area contributed by atoms with Crippen LogP contribution in [0.1, 0.15) is 12.0 Å². The summed E-state index contributed by atoms with van der Waals surface area (Å²) in [6, 6.07) is 3.63. The highest BCUT2D eigenvalue weighted by atomic mass is 35.5. The van der Waals surface area contributed by atoms with Gasteiger partial charge < -0.3 is 14.8 Å². The zero-order valence-corrected chi connectivity index (χ0v) is 12.6. The van der Waals surface area contributed by atoms with Gasteiger partial charge in [0, 0.05) is 25.4 Å². The summed E-state index contributed by atoms with van der Waals surface area (Å²) < 4.78 is 9.49. The van der Waals surface area contributed by atoms with Crippen molar-refractivity contribution >= 4 is 29.1 Å². The van der Waals surface area contributed by atoms with E-state index in [-0.39, 0.29) is 11.8 Å². The molecule has 1 aliphatic carbocycles. The van der Waals surface area contributed by atoms with Gasteiger partial charge in [0.2, 0.25) is 11.8 Å². The van der Waals surface area contributed by atoms with Crippen LogP contribution in [0.5, 0.6) is 5.88 Å². The van der Waals surface area contributed by atoms with E-state index in [1.807, 2.05) is 6.07 Å². The fraction of sp³-hybridized carbons (Fsp3) is 0.538. The van der Waals surface area contributed by atoms with Gasteiger partial charge in [-0.05, 0) is 12.5 Å². The van der Waals surface area contributed by atoms with Crippen molar-refractivity contribution in [2.45, 2.75) is 17.3 Å². The predicted molar refractivity (Wildman–Crippen MR) is 76.0 cm³/mol. The van der Waals surface area contributed by atoms with Crippen LogP contribution in [0.25, 0.3) is 0 Å². The predicted octanol–water partition coefficient (Wildman–Crippen LogP) is 1.92. The summed E-state index contributed by atoms with van der Waals surface area (Å²) in [4.78, 5) is 15.9. The second-order valence-corrected chi connectivity index (χ2v) is 6.09. The van der Waals surface area contributed by atoms with Crippen molar-refractivity contribution < 1.29 is 14.3 Å². The van der Waals surface area contributed by atoms with Crippen LogP contribution in [0.3, 0.4) is 0 Å². The second-order valence-electron chi connectivity index (χ2n) is 4.54. The van der Waals surface area contributed by atoms with Crippen LogP contribution in [-0.4, -0.2) is 35.5 Å². The number of aromatic nitrogens is 1. The molecule has 0 radical (unpaired) electrons. The SMILES string of the molecule is COCCOc1ncccc1CNC(=O)C1CC1(Cl)Cl. The molecule has 0 aromatic carbocycles. The third kappa shape index (κ3) is 3.98. The maximum atomic E-state index is 11.8. The van der Waals surface area contributed by atoms with Crippen LogP contribution in [0.4, 0.5) is 0 Å². The molecule has 7 heteroatoms. The quantitative estimate of drug-likeness (QED) is 0.616. The zero-order chi connectivity index (χ0) is 14.6. The van der Waals surface area contributed by atoms with Gasteiger partial charge in [-0.1, -0.05) is 6.07 Å². The Morgan fingerprint density at radius 2 is 2.30 bits per heavy atom. The number of halogens is 2. The highest BCUT2D eigenvalue weighted by Gasteiger charge is 2.56. The van der Waals surface area contributed by atoms with Crippen LogP contribution in [-0.2, 0) is 16.1 Å². The van der Waals surface area contributed by atoms with Gasteiger partial charge in [-0.3, -0.25) is 4.79 Å². The van der Waals surface area contributed by atoms with Gasteiger partial charge in [0.05, 0.1) is 12.5 Å². The molecule has 1 saturated carbocycles. The molecule has 2 rings (SSSR count). The Balaban J connectivity index is 1.87. The average molecular weight is 319 g/mol. The third-order valence-electron chi connectivity index (χ3n) is 2.97. The number of hydrogen-bond donors (Lipinski definition) is 1. The number of carbonyl (C=O) groups excluding carboxylic acids is 1. The van der Waals surface area contributed by atoms with Crippen LogP contribution in [0.2, 0.25) is 0 Å². The molecule has 1 heterocycles. The van der Waals surface area contributed by atoms with Crippen LogP contribution >= 0.6 is 23.2 Å². The van der Waals surface area contributed by atoms with Crippen molar-refractivity contribution in [1.29, 1.82) is 0 Å². The van der Waals surface area contributed by atoms with Gasteiger partial charge in [0.1, 0.15) is 10.9 Å². The van der Waals surface area contributed by atoms with Crippen molar-refractivity contribution in [3.63, 3.8) is 0 Å². The summed E-state index contributed by atoms with van der Waals surface area (Å²) in [6.45, 7) is 1.21. The van der Waals surface area contributed by atoms with E-state index in [9.17, 15) is 4.79 Å². The number of methoxy groups -OCH3 is 1. The van der Waals surface area contributed by atoms with Gasteiger partial charge in [-0.2, -0.15) is 0 Å². The lowest BCUT2D eigenvalue weighted by Gasteiger charge is -2.10. The highest BCUT2D eigenvalue weighted by molar-refractivity contribution is 6.52. The summed E-state index contributed by atoms with van der Waals surface area (Å²) >= 11 is 11.7. The summed E-state index contributed by atoms with van der Waals surface area (Å²) in [6.07, 6.45) is 2.13. The molecule has 1 aliphatic rings. The number of hydrogen-bond acceptors (Lipinski definition) is 4. The molecule has 1 aromatic rings. The lowest BCUT2D eigenvalue weighted by atomic mass is 10.2. The van der Waals surface area contributed by atoms with E-state index in [4.69, 9.17) is 32.7 Å². The van der Waals surface area contributed by atoms with Crippen LogP contribution in [0, 0.1) is 5.92 Å². The molecule has 5 nitrogen and oxygen atoms in total. The number of amides is 1. The minimum atomic E-state index is -0.906. The Bertz CT molecular complexity index is 482. The average Bonchev–Trinajstić information content (AvgIpc) is 3.07. The normalized spacial score (nSPS) is 19.4. The molecule has 0 aliphatic heterocycles. The second kappa shape index (κ2) is 6.61. The number of nitrogens with one attached hydrogen (secondary N) is 1. The minimum Gasteiger partial charge on any atom is -0.475 e. The lowest BCUT2D eigenvalue weighted by molar-refractivity contribution is -0.122. The van der Waals surface area contributed by atoms with E-state index >= 15 is 0 Å². The number of rotatable bonds is 7. The van der Waals surface area contributed by atoms with Gasteiger partial charge in [0.15, 0.2) is 0 Å². The number of carbonyl (C=O) groups is 1. The van der Waals surface area contributed by atoms with E-state index in [2.05, 4.69) is 10.3 Å². The largest absolute Gasteiger partial charge is 0.475 e. The number of pyridine rings is 1. The summed E-state index contributed by atoms with van der Waals surface area (Å²) in [5.74, 6) is 0.00529. The molecule has 1 amide bonds. The molecule has 1 aromatic heterocycles. The zero-order valence-electron chi connectivity index (χ0n) is 11.1. The van der Waals surface area contributed by atoms with E-state index < -0.39 is 4.33 Å². The lowest BCUT2D eigenvalue weighted by Crippen LogP contribution is -2.26. The van der Waals surface area contributed by atoms with Crippen molar-refractivity contribution in [2.24, 2.45) is 5.92 Å². The molecule has 110 valence electrons. The first-order valence-electron chi connectivity index (χ1n) is 6.26. The standard InChI is InChI=1S/C13H16Cl2N2O3/c1-19-5-6-20-12-9(3-2-4-16-12)8-17-11(18)10-7-13(10,14)15/h2-4,10H,5-8H2,1H3,(H,17,18). The van der Waals surface area contributed by atoms with Gasteiger partial charge >= 0.3 is 0 Å². The minimum absolute atomic E-state index is 0.151. The molecule has 20 heavy (non-hydrogen) atoms. The number of nitrogens with zero attached hydrogens (tertiary/aromatic N) is 1. The Labute approximate surface area is 127 Å². The van der Waals surface area contributed by atoms with Crippen molar-refractivity contribution in [3.05, 3.63) is 23.9 Å². The van der Waals surface area contributed by atoms with E-state index in [1.165, 1.54) is 0 Å².